The van der Waals surface area contributed by atoms with Crippen LogP contribution >= 0.6 is 11.3 Å². The second kappa shape index (κ2) is 5.27. The fraction of sp³-hybridized carbons (Fsp3) is 0.600. The van der Waals surface area contributed by atoms with Crippen LogP contribution in [-0.4, -0.2) is 26.3 Å². The van der Waals surface area contributed by atoms with Crippen molar-refractivity contribution in [1.29, 1.82) is 0 Å². The van der Waals surface area contributed by atoms with Gasteiger partial charge in [0.2, 0.25) is 10.0 Å². The molecule has 0 bridgehead atoms. The van der Waals surface area contributed by atoms with Crippen LogP contribution in [0.1, 0.15) is 23.8 Å². The molecule has 0 aliphatic heterocycles. The summed E-state index contributed by atoms with van der Waals surface area (Å²) < 4.78 is 25.9. The SMILES string of the molecule is CCCN(C)S(=O)(=O)c1c(C)csc1CN. The highest BCUT2D eigenvalue weighted by Gasteiger charge is 2.26. The summed E-state index contributed by atoms with van der Waals surface area (Å²) in [6, 6.07) is 0. The average Bonchev–Trinajstić information content (AvgIpc) is 2.60. The van der Waals surface area contributed by atoms with E-state index < -0.39 is 10.0 Å². The van der Waals surface area contributed by atoms with Crippen molar-refractivity contribution in [2.45, 2.75) is 31.7 Å². The second-order valence-corrected chi connectivity index (χ2v) is 6.65. The molecule has 1 aromatic rings. The number of nitrogens with two attached hydrogens (primary N) is 1. The van der Waals surface area contributed by atoms with Gasteiger partial charge in [0.15, 0.2) is 0 Å². The maximum Gasteiger partial charge on any atom is 0.244 e. The Labute approximate surface area is 101 Å². The van der Waals surface area contributed by atoms with Gasteiger partial charge in [-0.2, -0.15) is 0 Å². The Hall–Kier alpha value is -0.430. The van der Waals surface area contributed by atoms with Gasteiger partial charge < -0.3 is 5.73 Å². The van der Waals surface area contributed by atoms with Crippen LogP contribution in [0.25, 0.3) is 0 Å². The minimum atomic E-state index is -3.37. The second-order valence-electron chi connectivity index (χ2n) is 3.70. The van der Waals surface area contributed by atoms with Gasteiger partial charge in [0.25, 0.3) is 0 Å². The van der Waals surface area contributed by atoms with Gasteiger partial charge >= 0.3 is 0 Å². The number of hydrogen-bond acceptors (Lipinski definition) is 4. The molecule has 0 spiro atoms. The lowest BCUT2D eigenvalue weighted by molar-refractivity contribution is 0.467. The van der Waals surface area contributed by atoms with E-state index in [1.165, 1.54) is 15.6 Å². The first-order valence-electron chi connectivity index (χ1n) is 5.18. The van der Waals surface area contributed by atoms with Crippen LogP contribution in [-0.2, 0) is 16.6 Å². The Morgan fingerprint density at radius 3 is 2.62 bits per heavy atom. The number of aryl methyl sites for hydroxylation is 1. The first-order valence-corrected chi connectivity index (χ1v) is 7.50. The Morgan fingerprint density at radius 1 is 1.50 bits per heavy atom. The number of nitrogens with zero attached hydrogens (tertiary/aromatic N) is 1. The molecule has 6 heteroatoms. The highest BCUT2D eigenvalue weighted by molar-refractivity contribution is 7.89. The molecule has 0 fully saturated rings. The lowest BCUT2D eigenvalue weighted by atomic mass is 10.3. The summed E-state index contributed by atoms with van der Waals surface area (Å²) in [6.45, 7) is 4.56. The molecule has 92 valence electrons. The van der Waals surface area contributed by atoms with Gasteiger partial charge in [0, 0.05) is 25.0 Å². The average molecular weight is 262 g/mol. The number of thiophene rings is 1. The zero-order valence-electron chi connectivity index (χ0n) is 9.86. The van der Waals surface area contributed by atoms with Crippen LogP contribution in [0.15, 0.2) is 10.3 Å². The smallest absolute Gasteiger partial charge is 0.244 e. The quantitative estimate of drug-likeness (QED) is 0.875. The van der Waals surface area contributed by atoms with Crippen LogP contribution in [0.2, 0.25) is 0 Å². The third-order valence-corrected chi connectivity index (χ3v) is 5.72. The molecule has 2 N–H and O–H groups in total. The number of hydrogen-bond donors (Lipinski definition) is 1. The minimum Gasteiger partial charge on any atom is -0.326 e. The summed E-state index contributed by atoms with van der Waals surface area (Å²) in [5.41, 5.74) is 6.35. The number of sulfonamides is 1. The van der Waals surface area contributed by atoms with Crippen molar-refractivity contribution in [3.05, 3.63) is 15.8 Å². The molecule has 0 aromatic carbocycles. The van der Waals surface area contributed by atoms with Gasteiger partial charge in [-0.05, 0) is 24.3 Å². The predicted octanol–water partition coefficient (Wildman–Crippen LogP) is 1.55. The summed E-state index contributed by atoms with van der Waals surface area (Å²) in [5.74, 6) is 0. The predicted molar refractivity (Wildman–Crippen MR) is 67.1 cm³/mol. The molecule has 0 aliphatic carbocycles. The van der Waals surface area contributed by atoms with E-state index in [0.29, 0.717) is 11.4 Å². The highest BCUT2D eigenvalue weighted by atomic mass is 32.2. The van der Waals surface area contributed by atoms with Crippen LogP contribution in [0.5, 0.6) is 0 Å². The monoisotopic (exact) mass is 262 g/mol. The van der Waals surface area contributed by atoms with E-state index in [4.69, 9.17) is 5.73 Å². The molecule has 0 saturated heterocycles. The van der Waals surface area contributed by atoms with Gasteiger partial charge in [0.1, 0.15) is 4.90 Å². The highest BCUT2D eigenvalue weighted by Crippen LogP contribution is 2.28. The molecule has 0 saturated carbocycles. The molecule has 0 amide bonds. The van der Waals surface area contributed by atoms with Crippen LogP contribution in [0, 0.1) is 6.92 Å². The van der Waals surface area contributed by atoms with E-state index in [1.807, 2.05) is 19.2 Å². The Balaban J connectivity index is 3.21. The van der Waals surface area contributed by atoms with Crippen molar-refractivity contribution in [1.82, 2.24) is 4.31 Å². The minimum absolute atomic E-state index is 0.271. The van der Waals surface area contributed by atoms with Crippen molar-refractivity contribution >= 4 is 21.4 Å². The summed E-state index contributed by atoms with van der Waals surface area (Å²) in [7, 11) is -1.76. The molecule has 16 heavy (non-hydrogen) atoms. The maximum atomic E-state index is 12.3. The maximum absolute atomic E-state index is 12.3. The van der Waals surface area contributed by atoms with E-state index in [0.717, 1.165) is 16.9 Å². The van der Waals surface area contributed by atoms with Crippen molar-refractivity contribution < 1.29 is 8.42 Å². The van der Waals surface area contributed by atoms with Crippen molar-refractivity contribution in [3.8, 4) is 0 Å². The first-order chi connectivity index (χ1) is 7.45. The van der Waals surface area contributed by atoms with E-state index >= 15 is 0 Å². The van der Waals surface area contributed by atoms with Crippen LogP contribution in [0.3, 0.4) is 0 Å². The van der Waals surface area contributed by atoms with Crippen LogP contribution < -0.4 is 5.73 Å². The zero-order chi connectivity index (χ0) is 12.3. The summed E-state index contributed by atoms with van der Waals surface area (Å²) in [6.07, 6.45) is 0.802. The standard InChI is InChI=1S/C10H18N2O2S2/c1-4-5-12(3)16(13,14)10-8(2)7-15-9(10)6-11/h7H,4-6,11H2,1-3H3. The Bertz CT molecular complexity index is 451. The van der Waals surface area contributed by atoms with E-state index in [2.05, 4.69) is 0 Å². The zero-order valence-corrected chi connectivity index (χ0v) is 11.5. The largest absolute Gasteiger partial charge is 0.326 e. The molecular weight excluding hydrogens is 244 g/mol. The van der Waals surface area contributed by atoms with Gasteiger partial charge in [-0.25, -0.2) is 12.7 Å². The summed E-state index contributed by atoms with van der Waals surface area (Å²) >= 11 is 1.41. The molecular formula is C10H18N2O2S2. The lowest BCUT2D eigenvalue weighted by Gasteiger charge is -2.17. The molecule has 1 heterocycles. The Kier molecular flexibility index (Phi) is 4.49. The third-order valence-electron chi connectivity index (χ3n) is 2.38. The normalized spacial score (nSPS) is 12.3. The van der Waals surface area contributed by atoms with Crippen molar-refractivity contribution in [3.63, 3.8) is 0 Å². The van der Waals surface area contributed by atoms with E-state index in [1.54, 1.807) is 7.05 Å². The van der Waals surface area contributed by atoms with Crippen molar-refractivity contribution in [2.75, 3.05) is 13.6 Å². The molecule has 0 unspecified atom stereocenters. The summed E-state index contributed by atoms with van der Waals surface area (Å²) in [5, 5.41) is 1.84. The Morgan fingerprint density at radius 2 is 2.12 bits per heavy atom. The molecule has 0 radical (unpaired) electrons. The topological polar surface area (TPSA) is 63.4 Å². The number of rotatable bonds is 5. The van der Waals surface area contributed by atoms with E-state index in [9.17, 15) is 8.42 Å². The van der Waals surface area contributed by atoms with Gasteiger partial charge in [-0.15, -0.1) is 11.3 Å². The fourth-order valence-corrected chi connectivity index (χ4v) is 4.47. The van der Waals surface area contributed by atoms with Gasteiger partial charge in [-0.1, -0.05) is 6.92 Å². The molecule has 0 atom stereocenters. The lowest BCUT2D eigenvalue weighted by Crippen LogP contribution is -2.28. The molecule has 4 nitrogen and oxygen atoms in total. The first kappa shape index (κ1) is 13.6. The van der Waals surface area contributed by atoms with Crippen molar-refractivity contribution in [2.24, 2.45) is 5.73 Å². The van der Waals surface area contributed by atoms with Crippen LogP contribution in [0.4, 0.5) is 0 Å². The molecule has 1 rings (SSSR count). The fourth-order valence-electron chi connectivity index (χ4n) is 1.57. The van der Waals surface area contributed by atoms with Gasteiger partial charge in [-0.3, -0.25) is 0 Å². The van der Waals surface area contributed by atoms with E-state index in [-0.39, 0.29) is 6.54 Å². The molecule has 0 aliphatic rings. The summed E-state index contributed by atoms with van der Waals surface area (Å²) in [4.78, 5) is 1.14. The van der Waals surface area contributed by atoms with Gasteiger partial charge in [0.05, 0.1) is 0 Å². The third kappa shape index (κ3) is 2.45. The molecule has 1 aromatic heterocycles.